The highest BCUT2D eigenvalue weighted by molar-refractivity contribution is 6.06. The van der Waals surface area contributed by atoms with Crippen LogP contribution in [0, 0.1) is 5.92 Å². The van der Waals surface area contributed by atoms with Gasteiger partial charge in [0.05, 0.1) is 35.1 Å². The van der Waals surface area contributed by atoms with Gasteiger partial charge in [-0.15, -0.1) is 0 Å². The fraction of sp³-hybridized carbons (Fsp3) is 0.478. The standard InChI is InChI=1S/C23H30N6O/c1-3-29-22-19(15-27-29)21(28-16(2)17-9-5-4-6-10-17)20(14-25-22)23(30)26-13-18-11-7-8-12-24-18/h7-8,11-12,14-17H,3-6,9-10,13H2,1-2H3,(H,25,28)(H,26,30). The molecule has 0 saturated heterocycles. The Kier molecular flexibility index (Phi) is 6.26. The van der Waals surface area contributed by atoms with Gasteiger partial charge in [0.2, 0.25) is 0 Å². The number of anilines is 1. The van der Waals surface area contributed by atoms with Gasteiger partial charge in [-0.25, -0.2) is 9.67 Å². The zero-order valence-electron chi connectivity index (χ0n) is 17.8. The molecule has 7 nitrogen and oxygen atoms in total. The van der Waals surface area contributed by atoms with Crippen LogP contribution in [-0.4, -0.2) is 31.7 Å². The summed E-state index contributed by atoms with van der Waals surface area (Å²) in [5, 5.41) is 12.0. The van der Waals surface area contributed by atoms with Gasteiger partial charge in [0.1, 0.15) is 0 Å². The van der Waals surface area contributed by atoms with E-state index in [0.717, 1.165) is 29.0 Å². The molecule has 3 aromatic heterocycles. The Morgan fingerprint density at radius 3 is 2.77 bits per heavy atom. The van der Waals surface area contributed by atoms with Crippen molar-refractivity contribution in [3.63, 3.8) is 0 Å². The van der Waals surface area contributed by atoms with Gasteiger partial charge >= 0.3 is 0 Å². The van der Waals surface area contributed by atoms with E-state index < -0.39 is 0 Å². The first kappa shape index (κ1) is 20.3. The molecule has 2 N–H and O–H groups in total. The van der Waals surface area contributed by atoms with Crippen LogP contribution in [0.2, 0.25) is 0 Å². The summed E-state index contributed by atoms with van der Waals surface area (Å²) in [6.07, 6.45) is 11.6. The largest absolute Gasteiger partial charge is 0.381 e. The van der Waals surface area contributed by atoms with Crippen molar-refractivity contribution in [3.05, 3.63) is 48.0 Å². The fourth-order valence-corrected chi connectivity index (χ4v) is 4.33. The second-order valence-corrected chi connectivity index (χ2v) is 8.08. The quantitative estimate of drug-likeness (QED) is 0.615. The molecule has 0 spiro atoms. The van der Waals surface area contributed by atoms with Crippen LogP contribution in [-0.2, 0) is 13.1 Å². The van der Waals surface area contributed by atoms with E-state index in [1.807, 2.05) is 36.0 Å². The molecule has 3 heterocycles. The Morgan fingerprint density at radius 1 is 1.20 bits per heavy atom. The number of nitrogens with zero attached hydrogens (tertiary/aromatic N) is 4. The van der Waals surface area contributed by atoms with E-state index in [0.29, 0.717) is 18.0 Å². The maximum absolute atomic E-state index is 13.1. The van der Waals surface area contributed by atoms with Crippen molar-refractivity contribution in [1.82, 2.24) is 25.1 Å². The van der Waals surface area contributed by atoms with Crippen LogP contribution in [0.1, 0.15) is 62.0 Å². The number of hydrogen-bond donors (Lipinski definition) is 2. The third kappa shape index (κ3) is 4.30. The molecule has 0 aromatic carbocycles. The highest BCUT2D eigenvalue weighted by atomic mass is 16.1. The van der Waals surface area contributed by atoms with E-state index in [1.165, 1.54) is 32.1 Å². The van der Waals surface area contributed by atoms with Crippen LogP contribution >= 0.6 is 0 Å². The minimum atomic E-state index is -0.155. The molecule has 30 heavy (non-hydrogen) atoms. The minimum Gasteiger partial charge on any atom is -0.381 e. The van der Waals surface area contributed by atoms with Crippen LogP contribution in [0.4, 0.5) is 5.69 Å². The van der Waals surface area contributed by atoms with Crippen molar-refractivity contribution in [1.29, 1.82) is 0 Å². The lowest BCUT2D eigenvalue weighted by molar-refractivity contribution is 0.0951. The maximum Gasteiger partial charge on any atom is 0.255 e. The van der Waals surface area contributed by atoms with Crippen LogP contribution in [0.3, 0.4) is 0 Å². The number of aromatic nitrogens is 4. The summed E-state index contributed by atoms with van der Waals surface area (Å²) in [7, 11) is 0. The Morgan fingerprint density at radius 2 is 2.03 bits per heavy atom. The van der Waals surface area contributed by atoms with Crippen molar-refractivity contribution < 1.29 is 4.79 Å². The number of amides is 1. The Balaban J connectivity index is 1.62. The molecule has 7 heteroatoms. The number of hydrogen-bond acceptors (Lipinski definition) is 5. The van der Waals surface area contributed by atoms with Gasteiger partial charge in [-0.05, 0) is 44.7 Å². The number of fused-ring (bicyclic) bond motifs is 1. The molecule has 158 valence electrons. The molecule has 0 radical (unpaired) electrons. The molecule has 1 fully saturated rings. The first-order chi connectivity index (χ1) is 14.7. The van der Waals surface area contributed by atoms with Crippen LogP contribution in [0.5, 0.6) is 0 Å². The zero-order chi connectivity index (χ0) is 20.9. The summed E-state index contributed by atoms with van der Waals surface area (Å²) in [6.45, 7) is 5.38. The number of rotatable bonds is 7. The lowest BCUT2D eigenvalue weighted by atomic mass is 9.84. The average molecular weight is 407 g/mol. The van der Waals surface area contributed by atoms with E-state index in [1.54, 1.807) is 12.4 Å². The van der Waals surface area contributed by atoms with Crippen molar-refractivity contribution in [2.75, 3.05) is 5.32 Å². The molecule has 1 unspecified atom stereocenters. The predicted octanol–water partition coefficient (Wildman–Crippen LogP) is 4.16. The van der Waals surface area contributed by atoms with E-state index in [2.05, 4.69) is 32.6 Å². The predicted molar refractivity (Wildman–Crippen MR) is 118 cm³/mol. The smallest absolute Gasteiger partial charge is 0.255 e. The monoisotopic (exact) mass is 406 g/mol. The fourth-order valence-electron chi connectivity index (χ4n) is 4.33. The van der Waals surface area contributed by atoms with Gasteiger partial charge in [-0.3, -0.25) is 9.78 Å². The Hall–Kier alpha value is -2.96. The highest BCUT2D eigenvalue weighted by Gasteiger charge is 2.24. The van der Waals surface area contributed by atoms with Gasteiger partial charge in [-0.1, -0.05) is 25.3 Å². The number of carbonyl (C=O) groups is 1. The van der Waals surface area contributed by atoms with Crippen molar-refractivity contribution in [2.24, 2.45) is 5.92 Å². The summed E-state index contributed by atoms with van der Waals surface area (Å²) in [4.78, 5) is 21.9. The molecular weight excluding hydrogens is 376 g/mol. The Labute approximate surface area is 177 Å². The SMILES string of the molecule is CCn1ncc2c(NC(C)C3CCCCC3)c(C(=O)NCc3ccccn3)cnc21. The second kappa shape index (κ2) is 9.24. The zero-order valence-corrected chi connectivity index (χ0v) is 17.8. The van der Waals surface area contributed by atoms with Crippen LogP contribution < -0.4 is 10.6 Å². The van der Waals surface area contributed by atoms with Gasteiger partial charge in [-0.2, -0.15) is 5.10 Å². The number of carbonyl (C=O) groups excluding carboxylic acids is 1. The Bertz CT molecular complexity index is 994. The molecular formula is C23H30N6O. The first-order valence-corrected chi connectivity index (χ1v) is 11.0. The lowest BCUT2D eigenvalue weighted by Gasteiger charge is -2.29. The van der Waals surface area contributed by atoms with Gasteiger partial charge in [0.25, 0.3) is 5.91 Å². The highest BCUT2D eigenvalue weighted by Crippen LogP contribution is 2.32. The molecule has 0 bridgehead atoms. The third-order valence-electron chi connectivity index (χ3n) is 6.10. The van der Waals surface area contributed by atoms with Crippen LogP contribution in [0.15, 0.2) is 36.8 Å². The molecule has 1 aliphatic carbocycles. The topological polar surface area (TPSA) is 84.7 Å². The summed E-state index contributed by atoms with van der Waals surface area (Å²) >= 11 is 0. The van der Waals surface area contributed by atoms with E-state index in [-0.39, 0.29) is 11.9 Å². The molecule has 3 aromatic rings. The second-order valence-electron chi connectivity index (χ2n) is 8.08. The molecule has 1 aliphatic rings. The third-order valence-corrected chi connectivity index (χ3v) is 6.10. The van der Waals surface area contributed by atoms with E-state index >= 15 is 0 Å². The molecule has 1 atom stereocenters. The summed E-state index contributed by atoms with van der Waals surface area (Å²) in [5.41, 5.74) is 3.01. The number of pyridine rings is 2. The first-order valence-electron chi connectivity index (χ1n) is 11.0. The summed E-state index contributed by atoms with van der Waals surface area (Å²) in [5.74, 6) is 0.463. The van der Waals surface area contributed by atoms with Crippen molar-refractivity contribution >= 4 is 22.6 Å². The van der Waals surface area contributed by atoms with Crippen molar-refractivity contribution in [3.8, 4) is 0 Å². The normalized spacial score (nSPS) is 15.8. The summed E-state index contributed by atoms with van der Waals surface area (Å²) in [6, 6.07) is 5.96. The van der Waals surface area contributed by atoms with Crippen molar-refractivity contribution in [2.45, 2.75) is 65.1 Å². The van der Waals surface area contributed by atoms with Crippen LogP contribution in [0.25, 0.3) is 11.0 Å². The van der Waals surface area contributed by atoms with Gasteiger partial charge in [0, 0.05) is 25.0 Å². The molecule has 1 saturated carbocycles. The lowest BCUT2D eigenvalue weighted by Crippen LogP contribution is -2.30. The molecule has 1 amide bonds. The van der Waals surface area contributed by atoms with Gasteiger partial charge in [0.15, 0.2) is 5.65 Å². The number of aryl methyl sites for hydroxylation is 1. The average Bonchev–Trinajstić information content (AvgIpc) is 3.22. The maximum atomic E-state index is 13.1. The summed E-state index contributed by atoms with van der Waals surface area (Å²) < 4.78 is 1.86. The molecule has 4 rings (SSSR count). The van der Waals surface area contributed by atoms with E-state index in [9.17, 15) is 4.79 Å². The molecule has 0 aliphatic heterocycles. The number of nitrogens with one attached hydrogen (secondary N) is 2. The van der Waals surface area contributed by atoms with E-state index in [4.69, 9.17) is 0 Å². The minimum absolute atomic E-state index is 0.155. The van der Waals surface area contributed by atoms with Gasteiger partial charge < -0.3 is 10.6 Å².